The molecule has 0 amide bonds. The molecule has 0 aromatic heterocycles. The smallest absolute Gasteiger partial charge is 0.183 e. The van der Waals surface area contributed by atoms with Gasteiger partial charge in [0.15, 0.2) is 6.29 Å². The lowest BCUT2D eigenvalue weighted by molar-refractivity contribution is -0.242. The maximum atomic E-state index is 9.03. The molecule has 4 atom stereocenters. The summed E-state index contributed by atoms with van der Waals surface area (Å²) < 4.78 is 4.81. The van der Waals surface area contributed by atoms with Crippen molar-refractivity contribution in [3.63, 3.8) is 0 Å². The van der Waals surface area contributed by atoms with Crippen molar-refractivity contribution in [1.29, 1.82) is 0 Å². The van der Waals surface area contributed by atoms with Crippen molar-refractivity contribution in [2.75, 3.05) is 0 Å². The molecule has 0 spiro atoms. The largest absolute Gasteiger partial charge is 0.390 e. The van der Waals surface area contributed by atoms with Gasteiger partial charge in [-0.1, -0.05) is 0 Å². The fourth-order valence-electron chi connectivity index (χ4n) is 1.04. The summed E-state index contributed by atoms with van der Waals surface area (Å²) >= 11 is 0. The first kappa shape index (κ1) is 7.94. The quantitative estimate of drug-likeness (QED) is 0.405. The van der Waals surface area contributed by atoms with Gasteiger partial charge in [-0.2, -0.15) is 0 Å². The molecule has 4 nitrogen and oxygen atoms in total. The number of ether oxygens (including phenoxy) is 1. The summed E-state index contributed by atoms with van der Waals surface area (Å²) in [6.45, 7) is 1.73. The van der Waals surface area contributed by atoms with Crippen LogP contribution >= 0.6 is 0 Å². The van der Waals surface area contributed by atoms with Crippen LogP contribution in [-0.2, 0) is 4.74 Å². The van der Waals surface area contributed by atoms with E-state index >= 15 is 0 Å². The number of aliphatic hydroxyl groups excluding tert-OH is 3. The summed E-state index contributed by atoms with van der Waals surface area (Å²) in [4.78, 5) is 0. The van der Waals surface area contributed by atoms with Gasteiger partial charge in [-0.15, -0.1) is 0 Å². The summed E-state index contributed by atoms with van der Waals surface area (Å²) in [5, 5.41) is 26.9. The van der Waals surface area contributed by atoms with Gasteiger partial charge in [-0.25, -0.2) is 0 Å². The molecule has 10 heavy (non-hydrogen) atoms. The van der Waals surface area contributed by atoms with E-state index in [9.17, 15) is 0 Å². The second-order valence-corrected chi connectivity index (χ2v) is 2.63. The van der Waals surface area contributed by atoms with Crippen LogP contribution in [-0.4, -0.2) is 39.9 Å². The van der Waals surface area contributed by atoms with E-state index in [-0.39, 0.29) is 6.10 Å². The molecule has 1 rings (SSSR count). The Balaban J connectivity index is 2.49. The number of hydrogen-bond acceptors (Lipinski definition) is 4. The monoisotopic (exact) mass is 148 g/mol. The van der Waals surface area contributed by atoms with Gasteiger partial charge < -0.3 is 20.1 Å². The second-order valence-electron chi connectivity index (χ2n) is 2.63. The molecule has 0 unspecified atom stereocenters. The van der Waals surface area contributed by atoms with Gasteiger partial charge in [0, 0.05) is 6.42 Å². The third-order valence-corrected chi connectivity index (χ3v) is 1.63. The van der Waals surface area contributed by atoms with E-state index in [2.05, 4.69) is 0 Å². The van der Waals surface area contributed by atoms with Gasteiger partial charge in [0.25, 0.3) is 0 Å². The SMILES string of the molecule is C[C@@H]1C[C@@H](O)[C@H](O)[C@@H](O)O1. The van der Waals surface area contributed by atoms with Crippen LogP contribution in [0.25, 0.3) is 0 Å². The van der Waals surface area contributed by atoms with Crippen molar-refractivity contribution in [2.45, 2.75) is 37.9 Å². The van der Waals surface area contributed by atoms with Crippen LogP contribution in [0.5, 0.6) is 0 Å². The van der Waals surface area contributed by atoms with Crippen LogP contribution in [0, 0.1) is 0 Å². The molecule has 1 fully saturated rings. The van der Waals surface area contributed by atoms with Crippen LogP contribution in [0.15, 0.2) is 0 Å². The molecule has 1 aliphatic heterocycles. The van der Waals surface area contributed by atoms with E-state index in [1.807, 2.05) is 0 Å². The Morgan fingerprint density at radius 1 is 1.30 bits per heavy atom. The third-order valence-electron chi connectivity index (χ3n) is 1.63. The first-order chi connectivity index (χ1) is 4.61. The van der Waals surface area contributed by atoms with Crippen LogP contribution in [0.4, 0.5) is 0 Å². The van der Waals surface area contributed by atoms with E-state index in [0.717, 1.165) is 0 Å². The number of rotatable bonds is 0. The van der Waals surface area contributed by atoms with Gasteiger partial charge in [-0.05, 0) is 6.92 Å². The zero-order chi connectivity index (χ0) is 7.72. The maximum absolute atomic E-state index is 9.03. The summed E-state index contributed by atoms with van der Waals surface area (Å²) in [5.41, 5.74) is 0. The lowest BCUT2D eigenvalue weighted by atomic mass is 10.0. The van der Waals surface area contributed by atoms with Crippen LogP contribution in [0.2, 0.25) is 0 Å². The van der Waals surface area contributed by atoms with E-state index in [1.54, 1.807) is 6.92 Å². The lowest BCUT2D eigenvalue weighted by Crippen LogP contribution is -2.47. The predicted molar refractivity (Wildman–Crippen MR) is 33.2 cm³/mol. The van der Waals surface area contributed by atoms with Crippen LogP contribution < -0.4 is 0 Å². The molecule has 4 heteroatoms. The standard InChI is InChI=1S/C6H12O4/c1-3-2-4(7)5(8)6(9)10-3/h3-9H,2H2,1H3/t3-,4-,5+,6+/m1/s1. The highest BCUT2D eigenvalue weighted by molar-refractivity contribution is 4.77. The molecule has 1 aliphatic rings. The highest BCUT2D eigenvalue weighted by atomic mass is 16.6. The number of aliphatic hydroxyl groups is 3. The Labute approximate surface area is 59.1 Å². The van der Waals surface area contributed by atoms with E-state index < -0.39 is 18.5 Å². The lowest BCUT2D eigenvalue weighted by Gasteiger charge is -2.32. The Kier molecular flexibility index (Phi) is 2.25. The second kappa shape index (κ2) is 2.84. The molecule has 60 valence electrons. The molecule has 0 saturated carbocycles. The molecular formula is C6H12O4. The van der Waals surface area contributed by atoms with E-state index in [4.69, 9.17) is 20.1 Å². The fourth-order valence-corrected chi connectivity index (χ4v) is 1.04. The van der Waals surface area contributed by atoms with Crippen molar-refractivity contribution in [3.8, 4) is 0 Å². The van der Waals surface area contributed by atoms with Crippen molar-refractivity contribution in [2.24, 2.45) is 0 Å². The van der Waals surface area contributed by atoms with E-state index in [0.29, 0.717) is 6.42 Å². The zero-order valence-corrected chi connectivity index (χ0v) is 5.77. The van der Waals surface area contributed by atoms with Crippen molar-refractivity contribution >= 4 is 0 Å². The molecule has 0 aromatic rings. The normalized spacial score (nSPS) is 49.2. The van der Waals surface area contributed by atoms with Crippen LogP contribution in [0.3, 0.4) is 0 Å². The molecule has 0 bridgehead atoms. The Bertz CT molecular complexity index is 104. The first-order valence-corrected chi connectivity index (χ1v) is 3.31. The molecule has 1 saturated heterocycles. The summed E-state index contributed by atoms with van der Waals surface area (Å²) in [6, 6.07) is 0. The minimum Gasteiger partial charge on any atom is -0.390 e. The topological polar surface area (TPSA) is 69.9 Å². The third kappa shape index (κ3) is 1.46. The van der Waals surface area contributed by atoms with Gasteiger partial charge in [0.2, 0.25) is 0 Å². The molecule has 0 aliphatic carbocycles. The van der Waals surface area contributed by atoms with Gasteiger partial charge in [-0.3, -0.25) is 0 Å². The molecule has 0 aromatic carbocycles. The number of hydrogen-bond donors (Lipinski definition) is 3. The van der Waals surface area contributed by atoms with Gasteiger partial charge >= 0.3 is 0 Å². The molecule has 1 heterocycles. The molecule has 0 radical (unpaired) electrons. The highest BCUT2D eigenvalue weighted by Gasteiger charge is 2.33. The fraction of sp³-hybridized carbons (Fsp3) is 1.00. The minimum atomic E-state index is -1.24. The Hall–Kier alpha value is -0.160. The Morgan fingerprint density at radius 2 is 1.90 bits per heavy atom. The summed E-state index contributed by atoms with van der Waals surface area (Å²) in [6.07, 6.45) is -3.07. The van der Waals surface area contributed by atoms with Crippen molar-refractivity contribution < 1.29 is 20.1 Å². The van der Waals surface area contributed by atoms with Crippen molar-refractivity contribution in [1.82, 2.24) is 0 Å². The van der Waals surface area contributed by atoms with E-state index in [1.165, 1.54) is 0 Å². The molecule has 3 N–H and O–H groups in total. The average Bonchev–Trinajstić information content (AvgIpc) is 1.82. The predicted octanol–water partition coefficient (Wildman–Crippen LogP) is -1.16. The zero-order valence-electron chi connectivity index (χ0n) is 5.77. The summed E-state index contributed by atoms with van der Waals surface area (Å²) in [5.74, 6) is 0. The molecular weight excluding hydrogens is 136 g/mol. The average molecular weight is 148 g/mol. The first-order valence-electron chi connectivity index (χ1n) is 3.31. The Morgan fingerprint density at radius 3 is 2.40 bits per heavy atom. The van der Waals surface area contributed by atoms with Gasteiger partial charge in [0.1, 0.15) is 6.10 Å². The summed E-state index contributed by atoms with van der Waals surface area (Å²) in [7, 11) is 0. The maximum Gasteiger partial charge on any atom is 0.183 e. The van der Waals surface area contributed by atoms with Crippen LogP contribution in [0.1, 0.15) is 13.3 Å². The minimum absolute atomic E-state index is 0.187. The van der Waals surface area contributed by atoms with Crippen molar-refractivity contribution in [3.05, 3.63) is 0 Å². The van der Waals surface area contributed by atoms with Gasteiger partial charge in [0.05, 0.1) is 12.2 Å². The highest BCUT2D eigenvalue weighted by Crippen LogP contribution is 2.17.